The molecule has 0 aliphatic heterocycles. The van der Waals surface area contributed by atoms with Crippen LogP contribution in [0.3, 0.4) is 0 Å². The number of pyridine rings is 1. The fraction of sp³-hybridized carbons (Fsp3) is 0.0909. The molecule has 0 atom stereocenters. The van der Waals surface area contributed by atoms with E-state index in [1.807, 2.05) is 54.6 Å². The Bertz CT molecular complexity index is 1250. The quantitative estimate of drug-likeness (QED) is 0.343. The zero-order chi connectivity index (χ0) is 20.3. The molecule has 0 bridgehead atoms. The SMILES string of the molecule is COc1ccc(-n2c(SCc3nc4ccccc4s3)nnc2-c2cccnc2)cc1. The lowest BCUT2D eigenvalue weighted by Gasteiger charge is -2.10. The van der Waals surface area contributed by atoms with Crippen molar-refractivity contribution in [2.75, 3.05) is 7.11 Å². The van der Waals surface area contributed by atoms with Crippen LogP contribution in [0.1, 0.15) is 5.01 Å². The Balaban J connectivity index is 1.51. The molecule has 0 aliphatic carbocycles. The molecule has 0 saturated heterocycles. The Morgan fingerprint density at radius 1 is 1.00 bits per heavy atom. The van der Waals surface area contributed by atoms with Gasteiger partial charge in [-0.3, -0.25) is 9.55 Å². The van der Waals surface area contributed by atoms with Gasteiger partial charge in [0.25, 0.3) is 0 Å². The molecule has 0 radical (unpaired) electrons. The van der Waals surface area contributed by atoms with Crippen molar-refractivity contribution in [1.82, 2.24) is 24.7 Å². The van der Waals surface area contributed by atoms with E-state index in [9.17, 15) is 0 Å². The van der Waals surface area contributed by atoms with Gasteiger partial charge in [-0.2, -0.15) is 0 Å². The second-order valence-electron chi connectivity index (χ2n) is 6.45. The summed E-state index contributed by atoms with van der Waals surface area (Å²) in [7, 11) is 1.66. The summed E-state index contributed by atoms with van der Waals surface area (Å²) in [5.41, 5.74) is 2.91. The van der Waals surface area contributed by atoms with Crippen molar-refractivity contribution in [3.63, 3.8) is 0 Å². The molecule has 0 fully saturated rings. The molecule has 5 rings (SSSR count). The van der Waals surface area contributed by atoms with Crippen LogP contribution in [0.2, 0.25) is 0 Å². The van der Waals surface area contributed by atoms with Crippen LogP contribution in [0.15, 0.2) is 78.2 Å². The number of nitrogens with zero attached hydrogens (tertiary/aromatic N) is 5. The third-order valence-corrected chi connectivity index (χ3v) is 6.71. The van der Waals surface area contributed by atoms with Crippen LogP contribution in [0.4, 0.5) is 0 Å². The highest BCUT2D eigenvalue weighted by Crippen LogP contribution is 2.32. The summed E-state index contributed by atoms with van der Waals surface area (Å²) in [6.07, 6.45) is 3.55. The monoisotopic (exact) mass is 431 g/mol. The van der Waals surface area contributed by atoms with E-state index in [1.165, 1.54) is 4.70 Å². The number of hydrogen-bond acceptors (Lipinski definition) is 7. The molecular weight excluding hydrogens is 414 g/mol. The smallest absolute Gasteiger partial charge is 0.196 e. The summed E-state index contributed by atoms with van der Waals surface area (Å²) in [5.74, 6) is 2.28. The van der Waals surface area contributed by atoms with E-state index in [2.05, 4.69) is 25.8 Å². The highest BCUT2D eigenvalue weighted by Gasteiger charge is 2.17. The number of ether oxygens (including phenoxy) is 1. The molecule has 3 heterocycles. The number of methoxy groups -OCH3 is 1. The lowest BCUT2D eigenvalue weighted by molar-refractivity contribution is 0.414. The standard InChI is InChI=1S/C22H17N5OS2/c1-28-17-10-8-16(9-11-17)27-21(15-5-4-12-23-13-15)25-26-22(27)29-14-20-24-18-6-2-3-7-19(18)30-20/h2-13H,14H2,1H3. The average molecular weight is 432 g/mol. The van der Waals surface area contributed by atoms with Gasteiger partial charge >= 0.3 is 0 Å². The molecule has 8 heteroatoms. The highest BCUT2D eigenvalue weighted by molar-refractivity contribution is 7.98. The zero-order valence-electron chi connectivity index (χ0n) is 16.1. The molecule has 6 nitrogen and oxygen atoms in total. The van der Waals surface area contributed by atoms with E-state index in [4.69, 9.17) is 9.72 Å². The van der Waals surface area contributed by atoms with Crippen molar-refractivity contribution in [1.29, 1.82) is 0 Å². The first-order valence-electron chi connectivity index (χ1n) is 9.29. The Labute approximate surface area is 181 Å². The van der Waals surface area contributed by atoms with E-state index in [0.29, 0.717) is 0 Å². The summed E-state index contributed by atoms with van der Waals surface area (Å²) in [4.78, 5) is 8.97. The van der Waals surface area contributed by atoms with Crippen molar-refractivity contribution < 1.29 is 4.74 Å². The minimum atomic E-state index is 0.723. The average Bonchev–Trinajstić information content (AvgIpc) is 3.42. The van der Waals surface area contributed by atoms with E-state index in [-0.39, 0.29) is 0 Å². The van der Waals surface area contributed by atoms with Crippen LogP contribution in [0.25, 0.3) is 27.3 Å². The number of rotatable bonds is 6. The molecule has 0 N–H and O–H groups in total. The molecule has 5 aromatic rings. The molecule has 0 aliphatic rings. The van der Waals surface area contributed by atoms with Crippen molar-refractivity contribution in [3.05, 3.63) is 78.1 Å². The third kappa shape index (κ3) is 3.67. The fourth-order valence-electron chi connectivity index (χ4n) is 3.12. The van der Waals surface area contributed by atoms with E-state index in [0.717, 1.165) is 44.3 Å². The number of hydrogen-bond donors (Lipinski definition) is 0. The second kappa shape index (κ2) is 8.25. The van der Waals surface area contributed by atoms with Gasteiger partial charge in [-0.1, -0.05) is 23.9 Å². The normalized spacial score (nSPS) is 11.1. The van der Waals surface area contributed by atoms with Crippen molar-refractivity contribution >= 4 is 33.3 Å². The van der Waals surface area contributed by atoms with Gasteiger partial charge in [0.2, 0.25) is 0 Å². The Morgan fingerprint density at radius 2 is 1.87 bits per heavy atom. The summed E-state index contributed by atoms with van der Waals surface area (Å²) >= 11 is 3.33. The van der Waals surface area contributed by atoms with Crippen molar-refractivity contribution in [3.8, 4) is 22.8 Å². The molecule has 3 aromatic heterocycles. The molecule has 0 saturated carbocycles. The minimum Gasteiger partial charge on any atom is -0.497 e. The molecular formula is C22H17N5OS2. The largest absolute Gasteiger partial charge is 0.497 e. The summed E-state index contributed by atoms with van der Waals surface area (Å²) in [5, 5.41) is 10.8. The minimum absolute atomic E-state index is 0.723. The van der Waals surface area contributed by atoms with Gasteiger partial charge in [0.1, 0.15) is 10.8 Å². The lowest BCUT2D eigenvalue weighted by atomic mass is 10.2. The topological polar surface area (TPSA) is 65.7 Å². The predicted molar refractivity (Wildman–Crippen MR) is 120 cm³/mol. The molecule has 30 heavy (non-hydrogen) atoms. The van der Waals surface area contributed by atoms with Crippen LogP contribution < -0.4 is 4.74 Å². The van der Waals surface area contributed by atoms with Crippen molar-refractivity contribution in [2.45, 2.75) is 10.9 Å². The Morgan fingerprint density at radius 3 is 2.63 bits per heavy atom. The molecule has 0 unspecified atom stereocenters. The first-order chi connectivity index (χ1) is 14.8. The Kier molecular flexibility index (Phi) is 5.17. The predicted octanol–water partition coefficient (Wildman–Crippen LogP) is 5.24. The summed E-state index contributed by atoms with van der Waals surface area (Å²) in [6.45, 7) is 0. The number of aromatic nitrogens is 5. The zero-order valence-corrected chi connectivity index (χ0v) is 17.7. The van der Waals surface area contributed by atoms with E-state index in [1.54, 1.807) is 42.6 Å². The number of thiazole rings is 1. The van der Waals surface area contributed by atoms with E-state index < -0.39 is 0 Å². The van der Waals surface area contributed by atoms with Gasteiger partial charge in [-0.05, 0) is 48.5 Å². The van der Waals surface area contributed by atoms with Gasteiger partial charge in [0.05, 0.1) is 23.1 Å². The van der Waals surface area contributed by atoms with E-state index >= 15 is 0 Å². The first-order valence-corrected chi connectivity index (χ1v) is 11.1. The fourth-order valence-corrected chi connectivity index (χ4v) is 5.03. The molecule has 148 valence electrons. The third-order valence-electron chi connectivity index (χ3n) is 4.55. The number of benzene rings is 2. The van der Waals surface area contributed by atoms with Gasteiger partial charge in [0.15, 0.2) is 11.0 Å². The van der Waals surface area contributed by atoms with Gasteiger partial charge in [-0.25, -0.2) is 4.98 Å². The summed E-state index contributed by atoms with van der Waals surface area (Å²) < 4.78 is 8.55. The van der Waals surface area contributed by atoms with Crippen LogP contribution in [0, 0.1) is 0 Å². The maximum Gasteiger partial charge on any atom is 0.196 e. The van der Waals surface area contributed by atoms with Crippen LogP contribution in [0.5, 0.6) is 5.75 Å². The van der Waals surface area contributed by atoms with Crippen LogP contribution in [-0.2, 0) is 5.75 Å². The maximum atomic E-state index is 5.30. The number of para-hydroxylation sites is 1. The Hall–Kier alpha value is -3.23. The first kappa shape index (κ1) is 18.8. The number of thioether (sulfide) groups is 1. The summed E-state index contributed by atoms with van der Waals surface area (Å²) in [6, 6.07) is 20.0. The molecule has 2 aromatic carbocycles. The van der Waals surface area contributed by atoms with Gasteiger partial charge in [0, 0.05) is 23.6 Å². The second-order valence-corrected chi connectivity index (χ2v) is 8.50. The van der Waals surface area contributed by atoms with Crippen LogP contribution in [-0.4, -0.2) is 31.8 Å². The van der Waals surface area contributed by atoms with Gasteiger partial charge in [-0.15, -0.1) is 21.5 Å². The number of fused-ring (bicyclic) bond motifs is 1. The van der Waals surface area contributed by atoms with Crippen molar-refractivity contribution in [2.24, 2.45) is 0 Å². The van der Waals surface area contributed by atoms with Crippen LogP contribution >= 0.6 is 23.1 Å². The molecule has 0 spiro atoms. The maximum absolute atomic E-state index is 5.30. The van der Waals surface area contributed by atoms with Gasteiger partial charge < -0.3 is 4.74 Å². The molecule has 0 amide bonds. The lowest BCUT2D eigenvalue weighted by Crippen LogP contribution is -2.00. The highest BCUT2D eigenvalue weighted by atomic mass is 32.2.